The molecule has 16 heavy (non-hydrogen) atoms. The van der Waals surface area contributed by atoms with Gasteiger partial charge in [-0.25, -0.2) is 0 Å². The number of amidine groups is 1. The van der Waals surface area contributed by atoms with E-state index in [1.54, 1.807) is 24.3 Å². The number of likely N-dealkylation sites (N-methyl/N-ethyl adjacent to an activating group) is 1. The summed E-state index contributed by atoms with van der Waals surface area (Å²) in [5.74, 6) is -1.18. The summed E-state index contributed by atoms with van der Waals surface area (Å²) in [5, 5.41) is 3.79. The first-order valence-electron chi connectivity index (χ1n) is 4.62. The van der Waals surface area contributed by atoms with Crippen molar-refractivity contribution in [3.8, 4) is 0 Å². The maximum absolute atomic E-state index is 11.9. The van der Waals surface area contributed by atoms with Crippen molar-refractivity contribution in [2.45, 2.75) is 0 Å². The number of carbonyl (C=O) groups is 2. The smallest absolute Gasteiger partial charge is 0.286 e. The third-order valence-electron chi connectivity index (χ3n) is 2.28. The molecule has 0 saturated carbocycles. The van der Waals surface area contributed by atoms with E-state index < -0.39 is 5.91 Å². The van der Waals surface area contributed by atoms with Crippen molar-refractivity contribution >= 4 is 23.3 Å². The van der Waals surface area contributed by atoms with Crippen LogP contribution in [0.3, 0.4) is 0 Å². The fraction of sp³-hybridized carbons (Fsp3) is 0.100. The van der Waals surface area contributed by atoms with Crippen LogP contribution in [0.25, 0.3) is 0 Å². The highest BCUT2D eigenvalue weighted by molar-refractivity contribution is 6.41. The Morgan fingerprint density at radius 2 is 2.12 bits per heavy atom. The Labute approximate surface area is 91.7 Å². The fourth-order valence-corrected chi connectivity index (χ4v) is 1.45. The molecule has 1 aliphatic rings. The number of benzene rings is 1. The summed E-state index contributed by atoms with van der Waals surface area (Å²) in [6.07, 6.45) is 0. The molecule has 2 rings (SSSR count). The molecule has 0 unspecified atom stereocenters. The Hall–Kier alpha value is -2.37. The summed E-state index contributed by atoms with van der Waals surface area (Å²) >= 11 is 0. The van der Waals surface area contributed by atoms with Gasteiger partial charge >= 0.3 is 0 Å². The highest BCUT2D eigenvalue weighted by Gasteiger charge is 2.25. The lowest BCUT2D eigenvalue weighted by Crippen LogP contribution is -2.41. The van der Waals surface area contributed by atoms with Gasteiger partial charge in [0.2, 0.25) is 5.84 Å². The Balaban J connectivity index is 2.51. The van der Waals surface area contributed by atoms with Gasteiger partial charge in [-0.1, -0.05) is 12.1 Å². The minimum atomic E-state index is -0.754. The number of hydrogen-bond acceptors (Lipinski definition) is 4. The van der Waals surface area contributed by atoms with Gasteiger partial charge in [-0.2, -0.15) is 5.10 Å². The third-order valence-corrected chi connectivity index (χ3v) is 2.28. The lowest BCUT2D eigenvalue weighted by atomic mass is 10.1. The molecule has 1 aliphatic heterocycles. The quantitative estimate of drug-likeness (QED) is 0.694. The van der Waals surface area contributed by atoms with E-state index in [9.17, 15) is 9.59 Å². The summed E-state index contributed by atoms with van der Waals surface area (Å²) in [6.45, 7) is 0. The van der Waals surface area contributed by atoms with E-state index in [1.807, 2.05) is 0 Å². The van der Waals surface area contributed by atoms with Crippen LogP contribution in [-0.4, -0.2) is 29.6 Å². The standard InChI is InChI=1S/C10H10N4O2/c1-14-9(8(11)15)13-12-7-5-3-2-4-6(7)10(14)16/h2-5,12H,1H3,(H2,11,15). The van der Waals surface area contributed by atoms with Gasteiger partial charge in [0.15, 0.2) is 0 Å². The molecule has 0 bridgehead atoms. The maximum Gasteiger partial charge on any atom is 0.286 e. The van der Waals surface area contributed by atoms with E-state index in [0.29, 0.717) is 11.3 Å². The number of nitrogens with one attached hydrogen (secondary N) is 1. The van der Waals surface area contributed by atoms with E-state index in [4.69, 9.17) is 5.73 Å². The molecule has 6 nitrogen and oxygen atoms in total. The number of hydrazone groups is 1. The van der Waals surface area contributed by atoms with Crippen LogP contribution in [0.4, 0.5) is 5.69 Å². The minimum Gasteiger partial charge on any atom is -0.363 e. The molecular weight excluding hydrogens is 208 g/mol. The molecule has 0 radical (unpaired) electrons. The van der Waals surface area contributed by atoms with Gasteiger partial charge in [-0.15, -0.1) is 0 Å². The molecule has 0 aromatic heterocycles. The van der Waals surface area contributed by atoms with Gasteiger partial charge in [-0.05, 0) is 12.1 Å². The zero-order valence-corrected chi connectivity index (χ0v) is 8.60. The van der Waals surface area contributed by atoms with Crippen LogP contribution in [-0.2, 0) is 4.79 Å². The minimum absolute atomic E-state index is 0.110. The summed E-state index contributed by atoms with van der Waals surface area (Å²) in [6, 6.07) is 6.86. The van der Waals surface area contributed by atoms with Gasteiger partial charge in [-0.3, -0.25) is 19.9 Å². The van der Waals surface area contributed by atoms with Crippen LogP contribution in [0.15, 0.2) is 29.4 Å². The molecule has 1 aromatic carbocycles. The van der Waals surface area contributed by atoms with Crippen LogP contribution >= 0.6 is 0 Å². The zero-order valence-electron chi connectivity index (χ0n) is 8.60. The lowest BCUT2D eigenvalue weighted by Gasteiger charge is -2.13. The number of nitrogens with two attached hydrogens (primary N) is 1. The maximum atomic E-state index is 11.9. The summed E-state index contributed by atoms with van der Waals surface area (Å²) in [7, 11) is 1.45. The van der Waals surface area contributed by atoms with E-state index in [-0.39, 0.29) is 11.7 Å². The van der Waals surface area contributed by atoms with Crippen molar-refractivity contribution in [3.05, 3.63) is 29.8 Å². The number of para-hydroxylation sites is 1. The topological polar surface area (TPSA) is 87.8 Å². The summed E-state index contributed by atoms with van der Waals surface area (Å²) in [4.78, 5) is 24.1. The van der Waals surface area contributed by atoms with Crippen molar-refractivity contribution in [3.63, 3.8) is 0 Å². The Kier molecular flexibility index (Phi) is 2.32. The Morgan fingerprint density at radius 1 is 1.44 bits per heavy atom. The summed E-state index contributed by atoms with van der Waals surface area (Å²) in [5.41, 5.74) is 8.76. The third kappa shape index (κ3) is 1.50. The van der Waals surface area contributed by atoms with Crippen molar-refractivity contribution in [2.75, 3.05) is 12.5 Å². The molecule has 82 valence electrons. The van der Waals surface area contributed by atoms with Crippen LogP contribution in [0.1, 0.15) is 10.4 Å². The van der Waals surface area contributed by atoms with Crippen molar-refractivity contribution < 1.29 is 9.59 Å². The first kappa shape index (κ1) is 10.2. The van der Waals surface area contributed by atoms with Crippen LogP contribution in [0.2, 0.25) is 0 Å². The second kappa shape index (κ2) is 3.65. The number of nitrogens with zero attached hydrogens (tertiary/aromatic N) is 2. The Morgan fingerprint density at radius 3 is 2.81 bits per heavy atom. The lowest BCUT2D eigenvalue weighted by molar-refractivity contribution is -0.112. The average molecular weight is 218 g/mol. The number of rotatable bonds is 1. The summed E-state index contributed by atoms with van der Waals surface area (Å²) < 4.78 is 0. The average Bonchev–Trinajstić information content (AvgIpc) is 2.39. The highest BCUT2D eigenvalue weighted by Crippen LogP contribution is 2.19. The largest absolute Gasteiger partial charge is 0.363 e. The fourth-order valence-electron chi connectivity index (χ4n) is 1.45. The van der Waals surface area contributed by atoms with Gasteiger partial charge in [0, 0.05) is 7.05 Å². The number of primary amides is 1. The van der Waals surface area contributed by atoms with Gasteiger partial charge in [0.25, 0.3) is 11.8 Å². The molecule has 0 spiro atoms. The molecule has 3 N–H and O–H groups in total. The van der Waals surface area contributed by atoms with Crippen molar-refractivity contribution in [2.24, 2.45) is 10.8 Å². The van der Waals surface area contributed by atoms with Crippen LogP contribution in [0.5, 0.6) is 0 Å². The molecule has 2 amide bonds. The molecule has 0 atom stereocenters. The van der Waals surface area contributed by atoms with Crippen LogP contribution < -0.4 is 11.2 Å². The number of anilines is 1. The molecule has 6 heteroatoms. The molecule has 1 heterocycles. The number of carbonyl (C=O) groups excluding carboxylic acids is 2. The predicted octanol–water partition coefficient (Wildman–Crippen LogP) is -0.0171. The van der Waals surface area contributed by atoms with Crippen LogP contribution in [0, 0.1) is 0 Å². The number of fused-ring (bicyclic) bond motifs is 1. The normalized spacial score (nSPS) is 14.7. The van der Waals surface area contributed by atoms with Gasteiger partial charge in [0.1, 0.15) is 0 Å². The molecule has 0 saturated heterocycles. The first-order chi connectivity index (χ1) is 7.61. The molecular formula is C10H10N4O2. The number of amides is 2. The highest BCUT2D eigenvalue weighted by atomic mass is 16.2. The van der Waals surface area contributed by atoms with E-state index in [0.717, 1.165) is 4.90 Å². The van der Waals surface area contributed by atoms with E-state index >= 15 is 0 Å². The predicted molar refractivity (Wildman–Crippen MR) is 58.8 cm³/mol. The molecule has 1 aromatic rings. The van der Waals surface area contributed by atoms with E-state index in [2.05, 4.69) is 10.5 Å². The second-order valence-electron chi connectivity index (χ2n) is 3.32. The van der Waals surface area contributed by atoms with Crippen molar-refractivity contribution in [1.82, 2.24) is 4.90 Å². The second-order valence-corrected chi connectivity index (χ2v) is 3.32. The van der Waals surface area contributed by atoms with Gasteiger partial charge in [0.05, 0.1) is 11.3 Å². The monoisotopic (exact) mass is 218 g/mol. The van der Waals surface area contributed by atoms with E-state index in [1.165, 1.54) is 7.05 Å². The number of hydrogen-bond donors (Lipinski definition) is 2. The zero-order chi connectivity index (χ0) is 11.7. The Bertz CT molecular complexity index is 495. The van der Waals surface area contributed by atoms with Crippen molar-refractivity contribution in [1.29, 1.82) is 0 Å². The van der Waals surface area contributed by atoms with Gasteiger partial charge < -0.3 is 5.73 Å². The molecule has 0 fully saturated rings. The molecule has 0 aliphatic carbocycles. The SMILES string of the molecule is CN1C(=O)c2ccccc2NN=C1C(N)=O. The first-order valence-corrected chi connectivity index (χ1v) is 4.62.